The molecule has 1 saturated heterocycles. The lowest BCUT2D eigenvalue weighted by molar-refractivity contribution is 0.383. The Hall–Kier alpha value is -2.50. The van der Waals surface area contributed by atoms with Crippen molar-refractivity contribution in [3.63, 3.8) is 0 Å². The number of sulfonamides is 1. The highest BCUT2D eigenvalue weighted by atomic mass is 32.2. The van der Waals surface area contributed by atoms with Crippen LogP contribution in [0.1, 0.15) is 16.7 Å². The molecule has 3 rings (SSSR count). The number of benzene rings is 2. The summed E-state index contributed by atoms with van der Waals surface area (Å²) >= 11 is 0. The summed E-state index contributed by atoms with van der Waals surface area (Å²) in [5, 5.41) is 8.82. The van der Waals surface area contributed by atoms with Gasteiger partial charge in [-0.05, 0) is 55.3 Å². The molecule has 0 aromatic heterocycles. The smallest absolute Gasteiger partial charge is 0.243 e. The molecular weight excluding hydrogens is 372 g/mol. The Balaban J connectivity index is 1.78. The van der Waals surface area contributed by atoms with Gasteiger partial charge in [-0.3, -0.25) is 0 Å². The maximum absolute atomic E-state index is 14.2. The van der Waals surface area contributed by atoms with E-state index in [1.54, 1.807) is 4.90 Å². The average molecular weight is 391 g/mol. The summed E-state index contributed by atoms with van der Waals surface area (Å²) in [6.07, 6.45) is 0. The van der Waals surface area contributed by atoms with Crippen LogP contribution < -0.4 is 4.90 Å². The standard InChI is InChI=1S/C19H19F2N3O2S/c1-13-9-16(10-14(2)19(13)21)27(25,26)24-7-5-23(6-8-24)18-4-3-15(12-22)11-17(18)20/h3-4,9-11H,5-8H2,1-2H3. The van der Waals surface area contributed by atoms with E-state index in [1.807, 2.05) is 6.07 Å². The Morgan fingerprint density at radius 1 is 1.00 bits per heavy atom. The normalized spacial score (nSPS) is 15.6. The predicted molar refractivity (Wildman–Crippen MR) is 98.0 cm³/mol. The fourth-order valence-electron chi connectivity index (χ4n) is 3.21. The molecule has 0 amide bonds. The van der Waals surface area contributed by atoms with Gasteiger partial charge in [0.2, 0.25) is 10.0 Å². The minimum atomic E-state index is -3.75. The van der Waals surface area contributed by atoms with Gasteiger partial charge in [0.25, 0.3) is 0 Å². The molecular formula is C19H19F2N3O2S. The third kappa shape index (κ3) is 3.66. The number of rotatable bonds is 3. The van der Waals surface area contributed by atoms with Gasteiger partial charge < -0.3 is 4.90 Å². The first kappa shape index (κ1) is 19.3. The molecule has 2 aromatic rings. The molecule has 5 nitrogen and oxygen atoms in total. The highest BCUT2D eigenvalue weighted by Gasteiger charge is 2.30. The Kier molecular flexibility index (Phi) is 5.18. The summed E-state index contributed by atoms with van der Waals surface area (Å²) in [6.45, 7) is 4.09. The number of hydrogen-bond donors (Lipinski definition) is 0. The third-order valence-electron chi connectivity index (χ3n) is 4.70. The molecule has 0 radical (unpaired) electrons. The number of piperazine rings is 1. The van der Waals surface area contributed by atoms with Crippen molar-refractivity contribution in [2.24, 2.45) is 0 Å². The lowest BCUT2D eigenvalue weighted by Crippen LogP contribution is -2.49. The van der Waals surface area contributed by atoms with Crippen LogP contribution in [0.4, 0.5) is 14.5 Å². The zero-order chi connectivity index (χ0) is 19.8. The summed E-state index contributed by atoms with van der Waals surface area (Å²) in [6, 6.07) is 8.79. The van der Waals surface area contributed by atoms with Crippen molar-refractivity contribution in [3.05, 3.63) is 58.7 Å². The molecule has 1 aliphatic heterocycles. The van der Waals surface area contributed by atoms with Crippen LogP contribution in [0.2, 0.25) is 0 Å². The second-order valence-corrected chi connectivity index (χ2v) is 8.48. The largest absolute Gasteiger partial charge is 0.367 e. The van der Waals surface area contributed by atoms with E-state index >= 15 is 0 Å². The van der Waals surface area contributed by atoms with E-state index in [0.29, 0.717) is 18.8 Å². The minimum absolute atomic E-state index is 0.0666. The highest BCUT2D eigenvalue weighted by molar-refractivity contribution is 7.89. The fourth-order valence-corrected chi connectivity index (χ4v) is 4.80. The summed E-state index contributed by atoms with van der Waals surface area (Å²) in [5.74, 6) is -0.912. The van der Waals surface area contributed by atoms with Crippen LogP contribution in [0.3, 0.4) is 0 Å². The Morgan fingerprint density at radius 3 is 2.11 bits per heavy atom. The fraction of sp³-hybridized carbons (Fsp3) is 0.316. The van der Waals surface area contributed by atoms with E-state index in [-0.39, 0.29) is 34.7 Å². The Labute approximate surface area is 157 Å². The maximum Gasteiger partial charge on any atom is 0.243 e. The molecule has 8 heteroatoms. The van der Waals surface area contributed by atoms with Crippen LogP contribution in [0.5, 0.6) is 0 Å². The zero-order valence-corrected chi connectivity index (χ0v) is 15.9. The Morgan fingerprint density at radius 2 is 1.59 bits per heavy atom. The molecule has 27 heavy (non-hydrogen) atoms. The van der Waals surface area contributed by atoms with Gasteiger partial charge in [-0.25, -0.2) is 17.2 Å². The molecule has 0 atom stereocenters. The number of hydrogen-bond acceptors (Lipinski definition) is 4. The van der Waals surface area contributed by atoms with Gasteiger partial charge in [0.15, 0.2) is 0 Å². The number of anilines is 1. The SMILES string of the molecule is Cc1cc(S(=O)(=O)N2CCN(c3ccc(C#N)cc3F)CC2)cc(C)c1F. The lowest BCUT2D eigenvalue weighted by Gasteiger charge is -2.35. The molecule has 1 heterocycles. The van der Waals surface area contributed by atoms with Crippen LogP contribution in [0, 0.1) is 36.8 Å². The molecule has 0 saturated carbocycles. The molecule has 0 spiro atoms. The van der Waals surface area contributed by atoms with Gasteiger partial charge in [0.1, 0.15) is 11.6 Å². The van der Waals surface area contributed by atoms with Crippen LogP contribution >= 0.6 is 0 Å². The molecule has 0 N–H and O–H groups in total. The maximum atomic E-state index is 14.2. The number of nitriles is 1. The molecule has 1 fully saturated rings. The van der Waals surface area contributed by atoms with E-state index in [2.05, 4.69) is 0 Å². The van der Waals surface area contributed by atoms with Gasteiger partial charge in [-0.1, -0.05) is 0 Å². The molecule has 142 valence electrons. The van der Waals surface area contributed by atoms with E-state index < -0.39 is 21.7 Å². The van der Waals surface area contributed by atoms with Crippen LogP contribution in [0.15, 0.2) is 35.2 Å². The van der Waals surface area contributed by atoms with Crippen molar-refractivity contribution in [2.45, 2.75) is 18.7 Å². The van der Waals surface area contributed by atoms with Gasteiger partial charge in [0.05, 0.1) is 22.2 Å². The molecule has 0 bridgehead atoms. The summed E-state index contributed by atoms with van der Waals surface area (Å²) < 4.78 is 55.1. The second-order valence-electron chi connectivity index (χ2n) is 6.54. The van der Waals surface area contributed by atoms with Crippen LogP contribution in [0.25, 0.3) is 0 Å². The van der Waals surface area contributed by atoms with Crippen molar-refractivity contribution < 1.29 is 17.2 Å². The average Bonchev–Trinajstić information content (AvgIpc) is 2.65. The third-order valence-corrected chi connectivity index (χ3v) is 6.58. The number of nitrogens with zero attached hydrogens (tertiary/aromatic N) is 3. The monoisotopic (exact) mass is 391 g/mol. The van der Waals surface area contributed by atoms with E-state index in [1.165, 1.54) is 48.5 Å². The number of halogens is 2. The summed E-state index contributed by atoms with van der Waals surface area (Å²) in [7, 11) is -3.75. The van der Waals surface area contributed by atoms with E-state index in [0.717, 1.165) is 0 Å². The Bertz CT molecular complexity index is 1000. The molecule has 1 aliphatic rings. The van der Waals surface area contributed by atoms with E-state index in [4.69, 9.17) is 5.26 Å². The van der Waals surface area contributed by atoms with Crippen molar-refractivity contribution in [3.8, 4) is 6.07 Å². The first-order valence-corrected chi connectivity index (χ1v) is 9.89. The van der Waals surface area contributed by atoms with Crippen molar-refractivity contribution in [1.82, 2.24) is 4.31 Å². The molecule has 0 aliphatic carbocycles. The zero-order valence-electron chi connectivity index (χ0n) is 15.0. The first-order chi connectivity index (χ1) is 12.7. The van der Waals surface area contributed by atoms with Gasteiger partial charge >= 0.3 is 0 Å². The summed E-state index contributed by atoms with van der Waals surface area (Å²) in [5.41, 5.74) is 1.15. The van der Waals surface area contributed by atoms with E-state index in [9.17, 15) is 17.2 Å². The molecule has 2 aromatic carbocycles. The van der Waals surface area contributed by atoms with Crippen molar-refractivity contribution in [2.75, 3.05) is 31.1 Å². The number of aryl methyl sites for hydroxylation is 2. The summed E-state index contributed by atoms with van der Waals surface area (Å²) in [4.78, 5) is 1.82. The van der Waals surface area contributed by atoms with Gasteiger partial charge in [0, 0.05) is 26.2 Å². The van der Waals surface area contributed by atoms with Gasteiger partial charge in [-0.2, -0.15) is 9.57 Å². The second kappa shape index (κ2) is 7.25. The first-order valence-electron chi connectivity index (χ1n) is 8.45. The van der Waals surface area contributed by atoms with Gasteiger partial charge in [-0.15, -0.1) is 0 Å². The van der Waals surface area contributed by atoms with Crippen molar-refractivity contribution in [1.29, 1.82) is 5.26 Å². The molecule has 0 unspecified atom stereocenters. The quantitative estimate of drug-likeness (QED) is 0.807. The van der Waals surface area contributed by atoms with Crippen LogP contribution in [-0.4, -0.2) is 38.9 Å². The highest BCUT2D eigenvalue weighted by Crippen LogP contribution is 2.26. The van der Waals surface area contributed by atoms with Crippen molar-refractivity contribution >= 4 is 15.7 Å². The van der Waals surface area contributed by atoms with Crippen LogP contribution in [-0.2, 0) is 10.0 Å². The minimum Gasteiger partial charge on any atom is -0.367 e. The topological polar surface area (TPSA) is 64.4 Å². The lowest BCUT2D eigenvalue weighted by atomic mass is 10.1. The predicted octanol–water partition coefficient (Wildman–Crippen LogP) is 2.96.